The predicted octanol–water partition coefficient (Wildman–Crippen LogP) is 4.07. The van der Waals surface area contributed by atoms with Crippen LogP contribution in [-0.4, -0.2) is 17.4 Å². The first-order chi connectivity index (χ1) is 9.60. The molecule has 0 saturated carbocycles. The molecule has 0 atom stereocenters. The van der Waals surface area contributed by atoms with Crippen molar-refractivity contribution in [3.63, 3.8) is 0 Å². The summed E-state index contributed by atoms with van der Waals surface area (Å²) in [4.78, 5) is 16.3. The minimum atomic E-state index is -0.339. The van der Waals surface area contributed by atoms with Gasteiger partial charge in [0.2, 0.25) is 0 Å². The average Bonchev–Trinajstić information content (AvgIpc) is 2.43. The fraction of sp³-hybridized carbons (Fsp3) is 0.143. The van der Waals surface area contributed by atoms with Crippen LogP contribution in [0.15, 0.2) is 36.4 Å². The monoisotopic (exact) mass is 309 g/mol. The summed E-state index contributed by atoms with van der Waals surface area (Å²) in [5.74, 6) is 0.311. The van der Waals surface area contributed by atoms with Crippen LogP contribution >= 0.6 is 23.2 Å². The number of rotatable bonds is 4. The number of anilines is 2. The first-order valence-electron chi connectivity index (χ1n) is 6.07. The van der Waals surface area contributed by atoms with Gasteiger partial charge in [0.1, 0.15) is 11.5 Å². The Bertz CT molecular complexity index is 632. The third-order valence-electron chi connectivity index (χ3n) is 2.52. The molecule has 1 aromatic carbocycles. The molecule has 104 valence electrons. The highest BCUT2D eigenvalue weighted by Gasteiger charge is 2.10. The van der Waals surface area contributed by atoms with Gasteiger partial charge in [-0.25, -0.2) is 4.98 Å². The number of halogens is 2. The Morgan fingerprint density at radius 1 is 1.25 bits per heavy atom. The van der Waals surface area contributed by atoms with Crippen molar-refractivity contribution >= 4 is 40.6 Å². The molecule has 1 aromatic heterocycles. The molecule has 2 rings (SSSR count). The van der Waals surface area contributed by atoms with E-state index in [1.54, 1.807) is 36.4 Å². The maximum absolute atomic E-state index is 12.1. The highest BCUT2D eigenvalue weighted by molar-refractivity contribution is 6.35. The molecule has 0 fully saturated rings. The smallest absolute Gasteiger partial charge is 0.274 e. The van der Waals surface area contributed by atoms with Crippen molar-refractivity contribution in [2.45, 2.75) is 6.92 Å². The van der Waals surface area contributed by atoms with Crippen molar-refractivity contribution in [1.82, 2.24) is 4.98 Å². The number of carbonyl (C=O) groups is 1. The van der Waals surface area contributed by atoms with Crippen LogP contribution in [0.2, 0.25) is 10.0 Å². The second-order valence-corrected chi connectivity index (χ2v) is 4.86. The first-order valence-corrected chi connectivity index (χ1v) is 6.83. The molecule has 2 N–H and O–H groups in total. The number of pyridine rings is 1. The lowest BCUT2D eigenvalue weighted by Gasteiger charge is -2.08. The molecule has 6 heteroatoms. The Hall–Kier alpha value is -1.78. The van der Waals surface area contributed by atoms with E-state index < -0.39 is 0 Å². The molecule has 1 amide bonds. The summed E-state index contributed by atoms with van der Waals surface area (Å²) < 4.78 is 0. The van der Waals surface area contributed by atoms with Crippen LogP contribution in [0.4, 0.5) is 11.5 Å². The topological polar surface area (TPSA) is 54.0 Å². The number of nitrogens with zero attached hydrogens (tertiary/aromatic N) is 1. The summed E-state index contributed by atoms with van der Waals surface area (Å²) in [6, 6.07) is 10.1. The summed E-state index contributed by atoms with van der Waals surface area (Å²) in [7, 11) is 0. The minimum Gasteiger partial charge on any atom is -0.370 e. The van der Waals surface area contributed by atoms with Gasteiger partial charge in [-0.1, -0.05) is 29.3 Å². The second-order valence-electron chi connectivity index (χ2n) is 4.02. The van der Waals surface area contributed by atoms with E-state index in [9.17, 15) is 4.79 Å². The Labute approximate surface area is 127 Å². The van der Waals surface area contributed by atoms with Crippen molar-refractivity contribution in [2.75, 3.05) is 17.2 Å². The zero-order valence-corrected chi connectivity index (χ0v) is 12.3. The molecular weight excluding hydrogens is 297 g/mol. The van der Waals surface area contributed by atoms with Gasteiger partial charge in [0.05, 0.1) is 10.7 Å². The standard InChI is InChI=1S/C14H13Cl2N3O/c1-2-17-13-5-3-4-11(18-13)14(20)19-12-8-9(15)6-7-10(12)16/h3-8H,2H2,1H3,(H,17,18)(H,19,20). The fourth-order valence-electron chi connectivity index (χ4n) is 1.62. The SMILES string of the molecule is CCNc1cccc(C(=O)Nc2cc(Cl)ccc2Cl)n1. The fourth-order valence-corrected chi connectivity index (χ4v) is 1.96. The Kier molecular flexibility index (Phi) is 4.82. The number of aromatic nitrogens is 1. The quantitative estimate of drug-likeness (QED) is 0.895. The zero-order chi connectivity index (χ0) is 14.5. The van der Waals surface area contributed by atoms with Crippen LogP contribution in [0.5, 0.6) is 0 Å². The lowest BCUT2D eigenvalue weighted by atomic mass is 10.3. The van der Waals surface area contributed by atoms with Gasteiger partial charge in [-0.2, -0.15) is 0 Å². The van der Waals surface area contributed by atoms with Crippen LogP contribution in [0, 0.1) is 0 Å². The summed E-state index contributed by atoms with van der Waals surface area (Å²) in [6.45, 7) is 2.69. The second kappa shape index (κ2) is 6.59. The Balaban J connectivity index is 2.19. The van der Waals surface area contributed by atoms with Gasteiger partial charge in [0.25, 0.3) is 5.91 Å². The molecule has 0 bridgehead atoms. The molecule has 2 aromatic rings. The number of benzene rings is 1. The maximum atomic E-state index is 12.1. The summed E-state index contributed by atoms with van der Waals surface area (Å²) in [5.41, 5.74) is 0.763. The number of hydrogen-bond donors (Lipinski definition) is 2. The molecule has 4 nitrogen and oxygen atoms in total. The van der Waals surface area contributed by atoms with E-state index in [4.69, 9.17) is 23.2 Å². The molecule has 0 unspecified atom stereocenters. The highest BCUT2D eigenvalue weighted by atomic mass is 35.5. The van der Waals surface area contributed by atoms with Crippen molar-refractivity contribution < 1.29 is 4.79 Å². The Morgan fingerprint density at radius 2 is 2.05 bits per heavy atom. The van der Waals surface area contributed by atoms with E-state index in [1.807, 2.05) is 6.92 Å². The van der Waals surface area contributed by atoms with E-state index in [1.165, 1.54) is 0 Å². The average molecular weight is 310 g/mol. The predicted molar refractivity (Wildman–Crippen MR) is 82.8 cm³/mol. The molecule has 20 heavy (non-hydrogen) atoms. The lowest BCUT2D eigenvalue weighted by molar-refractivity contribution is 0.102. The van der Waals surface area contributed by atoms with Crippen molar-refractivity contribution in [2.24, 2.45) is 0 Å². The molecule has 1 heterocycles. The summed E-state index contributed by atoms with van der Waals surface area (Å²) in [6.07, 6.45) is 0. The van der Waals surface area contributed by atoms with Crippen molar-refractivity contribution in [3.05, 3.63) is 52.1 Å². The molecule has 0 aliphatic carbocycles. The van der Waals surface area contributed by atoms with Gasteiger partial charge < -0.3 is 10.6 Å². The largest absolute Gasteiger partial charge is 0.370 e. The highest BCUT2D eigenvalue weighted by Crippen LogP contribution is 2.25. The van der Waals surface area contributed by atoms with Gasteiger partial charge in [-0.15, -0.1) is 0 Å². The number of amides is 1. The molecule has 0 aliphatic rings. The van der Waals surface area contributed by atoms with Gasteiger partial charge in [0.15, 0.2) is 0 Å². The molecule has 0 radical (unpaired) electrons. The summed E-state index contributed by atoms with van der Waals surface area (Å²) in [5, 5.41) is 6.66. The van der Waals surface area contributed by atoms with Crippen LogP contribution in [0.25, 0.3) is 0 Å². The molecule has 0 saturated heterocycles. The number of hydrogen-bond acceptors (Lipinski definition) is 3. The normalized spacial score (nSPS) is 10.2. The van der Waals surface area contributed by atoms with E-state index in [-0.39, 0.29) is 5.91 Å². The third kappa shape index (κ3) is 3.62. The number of carbonyl (C=O) groups excluding carboxylic acids is 1. The van der Waals surface area contributed by atoms with E-state index in [0.29, 0.717) is 27.2 Å². The molecular formula is C14H13Cl2N3O. The zero-order valence-electron chi connectivity index (χ0n) is 10.8. The minimum absolute atomic E-state index is 0.305. The van der Waals surface area contributed by atoms with Gasteiger partial charge in [-0.3, -0.25) is 4.79 Å². The molecule has 0 spiro atoms. The molecule has 0 aliphatic heterocycles. The van der Waals surface area contributed by atoms with Crippen LogP contribution in [0.1, 0.15) is 17.4 Å². The van der Waals surface area contributed by atoms with Gasteiger partial charge in [-0.05, 0) is 37.3 Å². The van der Waals surface area contributed by atoms with Gasteiger partial charge >= 0.3 is 0 Å². The van der Waals surface area contributed by atoms with E-state index >= 15 is 0 Å². The van der Waals surface area contributed by atoms with Crippen LogP contribution in [0.3, 0.4) is 0 Å². The maximum Gasteiger partial charge on any atom is 0.274 e. The van der Waals surface area contributed by atoms with E-state index in [0.717, 1.165) is 6.54 Å². The van der Waals surface area contributed by atoms with Crippen molar-refractivity contribution in [1.29, 1.82) is 0 Å². The third-order valence-corrected chi connectivity index (χ3v) is 3.08. The van der Waals surface area contributed by atoms with Crippen LogP contribution in [-0.2, 0) is 0 Å². The van der Waals surface area contributed by atoms with Crippen LogP contribution < -0.4 is 10.6 Å². The first kappa shape index (κ1) is 14.6. The number of nitrogens with one attached hydrogen (secondary N) is 2. The Morgan fingerprint density at radius 3 is 2.80 bits per heavy atom. The summed E-state index contributed by atoms with van der Waals surface area (Å²) >= 11 is 11.9. The van der Waals surface area contributed by atoms with E-state index in [2.05, 4.69) is 15.6 Å². The van der Waals surface area contributed by atoms with Gasteiger partial charge in [0, 0.05) is 11.6 Å². The van der Waals surface area contributed by atoms with Crippen molar-refractivity contribution in [3.8, 4) is 0 Å². The lowest BCUT2D eigenvalue weighted by Crippen LogP contribution is -2.14.